The molecule has 0 unspecified atom stereocenters. The van der Waals surface area contributed by atoms with Crippen LogP contribution < -0.4 is 4.74 Å². The van der Waals surface area contributed by atoms with Crippen LogP contribution in [0.3, 0.4) is 0 Å². The van der Waals surface area contributed by atoms with Gasteiger partial charge in [0, 0.05) is 10.6 Å². The molecule has 2 nitrogen and oxygen atoms in total. The minimum Gasteiger partial charge on any atom is -0.493 e. The van der Waals surface area contributed by atoms with E-state index < -0.39 is 0 Å². The minimum absolute atomic E-state index is 0.0502. The van der Waals surface area contributed by atoms with Gasteiger partial charge in [-0.05, 0) is 30.0 Å². The largest absolute Gasteiger partial charge is 0.493 e. The van der Waals surface area contributed by atoms with Crippen LogP contribution in [0.15, 0.2) is 18.2 Å². The molecule has 0 aliphatic carbocycles. The van der Waals surface area contributed by atoms with Crippen LogP contribution in [0.25, 0.3) is 0 Å². The highest BCUT2D eigenvalue weighted by atomic mass is 35.5. The summed E-state index contributed by atoms with van der Waals surface area (Å²) in [5.41, 5.74) is 0.993. The summed E-state index contributed by atoms with van der Waals surface area (Å²) < 4.78 is 5.64. The van der Waals surface area contributed by atoms with Crippen molar-refractivity contribution in [1.82, 2.24) is 0 Å². The molecule has 0 aromatic heterocycles. The second-order valence-electron chi connectivity index (χ2n) is 5.07. The van der Waals surface area contributed by atoms with E-state index in [9.17, 15) is 0 Å². The van der Waals surface area contributed by atoms with Gasteiger partial charge >= 0.3 is 0 Å². The number of hydrogen-bond donors (Lipinski definition) is 1. The molecule has 0 spiro atoms. The summed E-state index contributed by atoms with van der Waals surface area (Å²) in [7, 11) is 0. The van der Waals surface area contributed by atoms with Crippen molar-refractivity contribution in [3.05, 3.63) is 28.8 Å². The summed E-state index contributed by atoms with van der Waals surface area (Å²) in [6, 6.07) is 5.30. The van der Waals surface area contributed by atoms with E-state index in [1.165, 1.54) is 0 Å². The Bertz CT molecular complexity index is 342. The van der Waals surface area contributed by atoms with E-state index in [0.717, 1.165) is 17.7 Å². The molecule has 1 aromatic rings. The van der Waals surface area contributed by atoms with Crippen LogP contribution in [0.5, 0.6) is 5.75 Å². The standard InChI is InChI=1S/C13H19ClO2/c1-13(2,3)6-7-16-12-5-4-11(14)8-10(12)9-15/h4-5,8,15H,6-7,9H2,1-3H3. The summed E-state index contributed by atoms with van der Waals surface area (Å²) in [6.45, 7) is 7.12. The maximum absolute atomic E-state index is 9.16. The second kappa shape index (κ2) is 5.55. The average molecular weight is 243 g/mol. The molecule has 0 saturated carbocycles. The Balaban J connectivity index is 2.60. The first kappa shape index (κ1) is 13.3. The van der Waals surface area contributed by atoms with Crippen LogP contribution in [0.1, 0.15) is 32.8 Å². The first-order valence-corrected chi connectivity index (χ1v) is 5.82. The van der Waals surface area contributed by atoms with E-state index in [1.807, 2.05) is 0 Å². The summed E-state index contributed by atoms with van der Waals surface area (Å²) in [4.78, 5) is 0. The van der Waals surface area contributed by atoms with E-state index >= 15 is 0 Å². The molecule has 0 saturated heterocycles. The lowest BCUT2D eigenvalue weighted by molar-refractivity contribution is 0.230. The molecule has 0 bridgehead atoms. The highest BCUT2D eigenvalue weighted by Gasteiger charge is 2.11. The molecule has 1 rings (SSSR count). The van der Waals surface area contributed by atoms with Gasteiger partial charge in [0.15, 0.2) is 0 Å². The quantitative estimate of drug-likeness (QED) is 0.874. The van der Waals surface area contributed by atoms with Crippen molar-refractivity contribution in [2.24, 2.45) is 5.41 Å². The van der Waals surface area contributed by atoms with E-state index in [2.05, 4.69) is 20.8 Å². The maximum Gasteiger partial charge on any atom is 0.124 e. The number of rotatable bonds is 4. The predicted molar refractivity (Wildman–Crippen MR) is 66.9 cm³/mol. The number of ether oxygens (including phenoxy) is 1. The molecule has 0 amide bonds. The molecular weight excluding hydrogens is 224 g/mol. The fraction of sp³-hybridized carbons (Fsp3) is 0.538. The van der Waals surface area contributed by atoms with E-state index in [0.29, 0.717) is 11.6 Å². The lowest BCUT2D eigenvalue weighted by atomic mass is 9.93. The zero-order chi connectivity index (χ0) is 12.2. The highest BCUT2D eigenvalue weighted by molar-refractivity contribution is 6.30. The maximum atomic E-state index is 9.16. The Hall–Kier alpha value is -0.730. The van der Waals surface area contributed by atoms with E-state index in [4.69, 9.17) is 21.4 Å². The number of benzene rings is 1. The van der Waals surface area contributed by atoms with Gasteiger partial charge in [0.1, 0.15) is 5.75 Å². The monoisotopic (exact) mass is 242 g/mol. The molecule has 16 heavy (non-hydrogen) atoms. The molecule has 0 fully saturated rings. The van der Waals surface area contributed by atoms with Crippen LogP contribution in [0.2, 0.25) is 5.02 Å². The third-order valence-corrected chi connectivity index (χ3v) is 2.54. The molecule has 0 heterocycles. The van der Waals surface area contributed by atoms with Crippen molar-refractivity contribution < 1.29 is 9.84 Å². The number of aliphatic hydroxyl groups excluding tert-OH is 1. The van der Waals surface area contributed by atoms with Crippen molar-refractivity contribution in [1.29, 1.82) is 0 Å². The van der Waals surface area contributed by atoms with Crippen LogP contribution in [0.4, 0.5) is 0 Å². The van der Waals surface area contributed by atoms with E-state index in [1.54, 1.807) is 18.2 Å². The Morgan fingerprint density at radius 1 is 1.31 bits per heavy atom. The Morgan fingerprint density at radius 2 is 2.00 bits per heavy atom. The SMILES string of the molecule is CC(C)(C)CCOc1ccc(Cl)cc1CO. The fourth-order valence-electron chi connectivity index (χ4n) is 1.28. The van der Waals surface area contributed by atoms with Crippen molar-refractivity contribution in [3.63, 3.8) is 0 Å². The molecular formula is C13H19ClO2. The molecule has 0 aliphatic heterocycles. The number of hydrogen-bond acceptors (Lipinski definition) is 2. The minimum atomic E-state index is -0.0502. The fourth-order valence-corrected chi connectivity index (χ4v) is 1.47. The van der Waals surface area contributed by atoms with Gasteiger partial charge in [-0.1, -0.05) is 32.4 Å². The number of halogens is 1. The summed E-state index contributed by atoms with van der Waals surface area (Å²) >= 11 is 5.84. The van der Waals surface area contributed by atoms with Crippen molar-refractivity contribution in [2.75, 3.05) is 6.61 Å². The first-order valence-electron chi connectivity index (χ1n) is 5.44. The van der Waals surface area contributed by atoms with Crippen LogP contribution in [-0.4, -0.2) is 11.7 Å². The van der Waals surface area contributed by atoms with Gasteiger partial charge in [-0.25, -0.2) is 0 Å². The Labute approximate surface area is 102 Å². The van der Waals surface area contributed by atoms with Gasteiger partial charge in [0.25, 0.3) is 0 Å². The van der Waals surface area contributed by atoms with Gasteiger partial charge in [-0.3, -0.25) is 0 Å². The third-order valence-electron chi connectivity index (χ3n) is 2.30. The first-order chi connectivity index (χ1) is 7.42. The van der Waals surface area contributed by atoms with Crippen molar-refractivity contribution in [3.8, 4) is 5.75 Å². The average Bonchev–Trinajstić information content (AvgIpc) is 2.18. The predicted octanol–water partition coefficient (Wildman–Crippen LogP) is 3.65. The molecule has 0 atom stereocenters. The van der Waals surface area contributed by atoms with Crippen LogP contribution in [-0.2, 0) is 6.61 Å². The third kappa shape index (κ3) is 4.42. The van der Waals surface area contributed by atoms with Gasteiger partial charge in [-0.2, -0.15) is 0 Å². The Kier molecular flexibility index (Phi) is 4.63. The lowest BCUT2D eigenvalue weighted by Crippen LogP contribution is -2.11. The van der Waals surface area contributed by atoms with E-state index in [-0.39, 0.29) is 12.0 Å². The van der Waals surface area contributed by atoms with Crippen LogP contribution >= 0.6 is 11.6 Å². The van der Waals surface area contributed by atoms with Crippen molar-refractivity contribution >= 4 is 11.6 Å². The van der Waals surface area contributed by atoms with Crippen LogP contribution in [0, 0.1) is 5.41 Å². The molecule has 0 aliphatic rings. The lowest BCUT2D eigenvalue weighted by Gasteiger charge is -2.19. The highest BCUT2D eigenvalue weighted by Crippen LogP contribution is 2.24. The topological polar surface area (TPSA) is 29.5 Å². The second-order valence-corrected chi connectivity index (χ2v) is 5.51. The summed E-state index contributed by atoms with van der Waals surface area (Å²) in [5, 5.41) is 9.78. The van der Waals surface area contributed by atoms with Gasteiger partial charge in [0.05, 0.1) is 13.2 Å². The van der Waals surface area contributed by atoms with Crippen molar-refractivity contribution in [2.45, 2.75) is 33.8 Å². The molecule has 1 N–H and O–H groups in total. The summed E-state index contributed by atoms with van der Waals surface area (Å²) in [5.74, 6) is 0.719. The molecule has 1 aromatic carbocycles. The van der Waals surface area contributed by atoms with Gasteiger partial charge in [0.2, 0.25) is 0 Å². The van der Waals surface area contributed by atoms with Gasteiger partial charge in [-0.15, -0.1) is 0 Å². The molecule has 3 heteroatoms. The number of aliphatic hydroxyl groups is 1. The zero-order valence-corrected chi connectivity index (χ0v) is 10.8. The molecule has 0 radical (unpaired) electrons. The van der Waals surface area contributed by atoms with Gasteiger partial charge < -0.3 is 9.84 Å². The zero-order valence-electron chi connectivity index (χ0n) is 10.1. The normalized spacial score (nSPS) is 11.6. The smallest absolute Gasteiger partial charge is 0.124 e. The molecule has 90 valence electrons. The summed E-state index contributed by atoms with van der Waals surface area (Å²) in [6.07, 6.45) is 0.973. The Morgan fingerprint density at radius 3 is 2.56 bits per heavy atom.